The molecular weight excluding hydrogens is 202 g/mol. The third-order valence-electron chi connectivity index (χ3n) is 2.70. The molecule has 0 aliphatic carbocycles. The third-order valence-corrected chi connectivity index (χ3v) is 2.70. The van der Waals surface area contributed by atoms with Crippen LogP contribution in [0.2, 0.25) is 0 Å². The van der Waals surface area contributed by atoms with Gasteiger partial charge in [-0.05, 0) is 50.1 Å². The summed E-state index contributed by atoms with van der Waals surface area (Å²) in [6.07, 6.45) is 0.914. The van der Waals surface area contributed by atoms with E-state index in [2.05, 4.69) is 13.8 Å². The van der Waals surface area contributed by atoms with Crippen molar-refractivity contribution >= 4 is 0 Å². The van der Waals surface area contributed by atoms with Gasteiger partial charge in [0, 0.05) is 6.42 Å². The van der Waals surface area contributed by atoms with E-state index in [-0.39, 0.29) is 6.10 Å². The van der Waals surface area contributed by atoms with Crippen molar-refractivity contribution in [2.75, 3.05) is 13.2 Å². The summed E-state index contributed by atoms with van der Waals surface area (Å²) in [5.41, 5.74) is 7.83. The predicted molar refractivity (Wildman–Crippen MR) is 65.7 cm³/mol. The summed E-state index contributed by atoms with van der Waals surface area (Å²) in [7, 11) is 0. The van der Waals surface area contributed by atoms with Crippen LogP contribution in [0, 0.1) is 13.8 Å². The molecule has 0 spiro atoms. The molecule has 1 rings (SSSR count). The molecule has 0 aromatic heterocycles. The first-order valence-corrected chi connectivity index (χ1v) is 5.71. The van der Waals surface area contributed by atoms with E-state index in [1.165, 1.54) is 11.1 Å². The van der Waals surface area contributed by atoms with Crippen LogP contribution < -0.4 is 10.5 Å². The number of benzene rings is 1. The molecule has 0 radical (unpaired) electrons. The predicted octanol–water partition coefficient (Wildman–Crippen LogP) is 1.78. The highest BCUT2D eigenvalue weighted by molar-refractivity contribution is 5.33. The van der Waals surface area contributed by atoms with Crippen LogP contribution >= 0.6 is 0 Å². The number of aryl methyl sites for hydroxylation is 2. The van der Waals surface area contributed by atoms with Crippen molar-refractivity contribution in [2.45, 2.75) is 32.8 Å². The first kappa shape index (κ1) is 13.0. The van der Waals surface area contributed by atoms with Crippen LogP contribution in [-0.4, -0.2) is 24.4 Å². The maximum atomic E-state index is 9.47. The van der Waals surface area contributed by atoms with Crippen molar-refractivity contribution in [1.29, 1.82) is 0 Å². The Morgan fingerprint density at radius 3 is 2.62 bits per heavy atom. The second-order valence-electron chi connectivity index (χ2n) is 4.11. The van der Waals surface area contributed by atoms with Crippen LogP contribution in [0.3, 0.4) is 0 Å². The highest BCUT2D eigenvalue weighted by atomic mass is 16.5. The summed E-state index contributed by atoms with van der Waals surface area (Å²) in [6, 6.07) is 6.02. The Kier molecular flexibility index (Phi) is 5.29. The Morgan fingerprint density at radius 2 is 2.00 bits per heavy atom. The number of hydrogen-bond donors (Lipinski definition) is 2. The van der Waals surface area contributed by atoms with Crippen molar-refractivity contribution < 1.29 is 9.84 Å². The summed E-state index contributed by atoms with van der Waals surface area (Å²) in [5, 5.41) is 9.47. The molecule has 0 saturated heterocycles. The summed E-state index contributed by atoms with van der Waals surface area (Å²) >= 11 is 0. The average molecular weight is 223 g/mol. The van der Waals surface area contributed by atoms with Crippen LogP contribution in [0.5, 0.6) is 5.75 Å². The highest BCUT2D eigenvalue weighted by Gasteiger charge is 2.03. The standard InChI is InChI=1S/C13H21NO2/c1-10-3-4-13(9-11(10)2)16-8-6-12(15)5-7-14/h3-4,9,12,15H,5-8,14H2,1-2H3. The molecule has 3 N–H and O–H groups in total. The lowest BCUT2D eigenvalue weighted by molar-refractivity contribution is 0.133. The molecule has 0 saturated carbocycles. The van der Waals surface area contributed by atoms with Crippen LogP contribution in [0.1, 0.15) is 24.0 Å². The Morgan fingerprint density at radius 1 is 1.25 bits per heavy atom. The molecule has 1 aromatic rings. The summed E-state index contributed by atoms with van der Waals surface area (Å²) in [5.74, 6) is 0.864. The average Bonchev–Trinajstić information content (AvgIpc) is 2.24. The van der Waals surface area contributed by atoms with Crippen molar-refractivity contribution in [3.8, 4) is 5.75 Å². The molecule has 1 atom stereocenters. The van der Waals surface area contributed by atoms with E-state index in [9.17, 15) is 5.11 Å². The van der Waals surface area contributed by atoms with Gasteiger partial charge in [0.25, 0.3) is 0 Å². The van der Waals surface area contributed by atoms with Crippen LogP contribution in [0.25, 0.3) is 0 Å². The van der Waals surface area contributed by atoms with Crippen LogP contribution in [0.15, 0.2) is 18.2 Å². The number of nitrogens with two attached hydrogens (primary N) is 1. The third kappa shape index (κ3) is 4.21. The van der Waals surface area contributed by atoms with E-state index in [4.69, 9.17) is 10.5 Å². The quantitative estimate of drug-likeness (QED) is 0.773. The molecule has 16 heavy (non-hydrogen) atoms. The smallest absolute Gasteiger partial charge is 0.119 e. The Hall–Kier alpha value is -1.06. The molecule has 90 valence electrons. The van der Waals surface area contributed by atoms with Gasteiger partial charge in [0.1, 0.15) is 5.75 Å². The van der Waals surface area contributed by atoms with Gasteiger partial charge in [0.05, 0.1) is 12.7 Å². The lowest BCUT2D eigenvalue weighted by Gasteiger charge is -2.11. The Bertz CT molecular complexity index is 326. The molecule has 1 unspecified atom stereocenters. The van der Waals surface area contributed by atoms with Gasteiger partial charge in [0.2, 0.25) is 0 Å². The minimum Gasteiger partial charge on any atom is -0.493 e. The summed E-state index contributed by atoms with van der Waals surface area (Å²) in [6.45, 7) is 5.18. The number of aliphatic hydroxyl groups is 1. The second-order valence-corrected chi connectivity index (χ2v) is 4.11. The van der Waals surface area contributed by atoms with Gasteiger partial charge < -0.3 is 15.6 Å². The van der Waals surface area contributed by atoms with Crippen molar-refractivity contribution in [3.63, 3.8) is 0 Å². The molecule has 3 nitrogen and oxygen atoms in total. The normalized spacial score (nSPS) is 12.5. The van der Waals surface area contributed by atoms with Crippen LogP contribution in [-0.2, 0) is 0 Å². The zero-order valence-electron chi connectivity index (χ0n) is 10.1. The monoisotopic (exact) mass is 223 g/mol. The molecule has 0 bridgehead atoms. The first-order chi connectivity index (χ1) is 7.63. The van der Waals surface area contributed by atoms with E-state index in [1.54, 1.807) is 0 Å². The lowest BCUT2D eigenvalue weighted by Crippen LogP contribution is -2.16. The van der Waals surface area contributed by atoms with Crippen molar-refractivity contribution in [2.24, 2.45) is 5.73 Å². The van der Waals surface area contributed by atoms with Gasteiger partial charge >= 0.3 is 0 Å². The van der Waals surface area contributed by atoms with Crippen molar-refractivity contribution in [3.05, 3.63) is 29.3 Å². The van der Waals surface area contributed by atoms with Crippen molar-refractivity contribution in [1.82, 2.24) is 0 Å². The fraction of sp³-hybridized carbons (Fsp3) is 0.538. The van der Waals surface area contributed by atoms with Gasteiger partial charge in [-0.1, -0.05) is 6.07 Å². The molecular formula is C13H21NO2. The Balaban J connectivity index is 2.34. The first-order valence-electron chi connectivity index (χ1n) is 5.71. The minimum atomic E-state index is -0.350. The van der Waals surface area contributed by atoms with E-state index in [1.807, 2.05) is 18.2 Å². The van der Waals surface area contributed by atoms with Gasteiger partial charge in [-0.3, -0.25) is 0 Å². The molecule has 0 aliphatic heterocycles. The SMILES string of the molecule is Cc1ccc(OCCC(O)CCN)cc1C. The topological polar surface area (TPSA) is 55.5 Å². The zero-order valence-corrected chi connectivity index (χ0v) is 10.1. The minimum absolute atomic E-state index is 0.350. The highest BCUT2D eigenvalue weighted by Crippen LogP contribution is 2.16. The van der Waals surface area contributed by atoms with E-state index in [0.29, 0.717) is 26.0 Å². The lowest BCUT2D eigenvalue weighted by atomic mass is 10.1. The molecule has 0 amide bonds. The molecule has 0 aliphatic rings. The van der Waals surface area contributed by atoms with Gasteiger partial charge in [-0.15, -0.1) is 0 Å². The summed E-state index contributed by atoms with van der Waals surface area (Å²) < 4.78 is 5.56. The fourth-order valence-electron chi connectivity index (χ4n) is 1.45. The fourth-order valence-corrected chi connectivity index (χ4v) is 1.45. The molecule has 3 heteroatoms. The zero-order chi connectivity index (χ0) is 12.0. The summed E-state index contributed by atoms with van der Waals surface area (Å²) in [4.78, 5) is 0. The van der Waals surface area contributed by atoms with Gasteiger partial charge in [-0.25, -0.2) is 0 Å². The number of rotatable bonds is 6. The maximum Gasteiger partial charge on any atom is 0.119 e. The number of hydrogen-bond acceptors (Lipinski definition) is 3. The molecule has 0 fully saturated rings. The van der Waals surface area contributed by atoms with E-state index in [0.717, 1.165) is 5.75 Å². The van der Waals surface area contributed by atoms with Gasteiger partial charge in [-0.2, -0.15) is 0 Å². The van der Waals surface area contributed by atoms with Crippen LogP contribution in [0.4, 0.5) is 0 Å². The number of ether oxygens (including phenoxy) is 1. The number of aliphatic hydroxyl groups excluding tert-OH is 1. The second kappa shape index (κ2) is 6.51. The molecule has 1 aromatic carbocycles. The van der Waals surface area contributed by atoms with Gasteiger partial charge in [0.15, 0.2) is 0 Å². The maximum absolute atomic E-state index is 9.47. The van der Waals surface area contributed by atoms with E-state index >= 15 is 0 Å². The molecule has 0 heterocycles. The largest absolute Gasteiger partial charge is 0.493 e. The Labute approximate surface area is 97.2 Å². The van der Waals surface area contributed by atoms with E-state index < -0.39 is 0 Å².